The summed E-state index contributed by atoms with van der Waals surface area (Å²) in [7, 11) is 0. The number of carboxylic acids is 1. The Labute approximate surface area is 85.1 Å². The van der Waals surface area contributed by atoms with Crippen LogP contribution < -0.4 is 0 Å². The third-order valence-electron chi connectivity index (χ3n) is 3.62. The number of aliphatic carboxylic acids is 1. The molecule has 2 unspecified atom stereocenters. The number of carbonyl (C=O) groups is 1. The van der Waals surface area contributed by atoms with Crippen LogP contribution in [0.25, 0.3) is 0 Å². The Balaban J connectivity index is 1.89. The minimum Gasteiger partial charge on any atom is -0.481 e. The van der Waals surface area contributed by atoms with Gasteiger partial charge in [-0.3, -0.25) is 9.69 Å². The largest absolute Gasteiger partial charge is 0.481 e. The molecule has 3 heteroatoms. The van der Waals surface area contributed by atoms with E-state index in [2.05, 4.69) is 11.8 Å². The molecule has 2 rings (SSSR count). The summed E-state index contributed by atoms with van der Waals surface area (Å²) in [5, 5.41) is 8.91. The molecule has 2 atom stereocenters. The summed E-state index contributed by atoms with van der Waals surface area (Å²) in [5.74, 6) is 0.147. The number of likely N-dealkylation sites (tertiary alicyclic amines) is 1. The summed E-state index contributed by atoms with van der Waals surface area (Å²) in [5.41, 5.74) is 0. The van der Waals surface area contributed by atoms with E-state index in [0.717, 1.165) is 25.4 Å². The van der Waals surface area contributed by atoms with E-state index in [1.54, 1.807) is 0 Å². The van der Waals surface area contributed by atoms with Crippen LogP contribution in [-0.4, -0.2) is 35.1 Å². The standard InChI is InChI=1S/C11H19NO2/c1-2-10(8-3-4-8)12-6-5-9(7-12)11(13)14/h8-10H,2-7H2,1H3,(H,13,14). The van der Waals surface area contributed by atoms with E-state index in [1.807, 2.05) is 0 Å². The summed E-state index contributed by atoms with van der Waals surface area (Å²) < 4.78 is 0. The average molecular weight is 197 g/mol. The maximum Gasteiger partial charge on any atom is 0.307 e. The number of nitrogens with zero attached hydrogens (tertiary/aromatic N) is 1. The molecule has 0 aromatic carbocycles. The molecule has 3 nitrogen and oxygen atoms in total. The lowest BCUT2D eigenvalue weighted by molar-refractivity contribution is -0.141. The van der Waals surface area contributed by atoms with E-state index in [-0.39, 0.29) is 5.92 Å². The molecule has 0 amide bonds. The van der Waals surface area contributed by atoms with Gasteiger partial charge in [-0.25, -0.2) is 0 Å². The normalized spacial score (nSPS) is 30.5. The smallest absolute Gasteiger partial charge is 0.307 e. The molecule has 0 aromatic heterocycles. The van der Waals surface area contributed by atoms with Gasteiger partial charge in [0.2, 0.25) is 0 Å². The van der Waals surface area contributed by atoms with Crippen LogP contribution >= 0.6 is 0 Å². The number of hydrogen-bond donors (Lipinski definition) is 1. The predicted octanol–water partition coefficient (Wildman–Crippen LogP) is 1.58. The third-order valence-corrected chi connectivity index (χ3v) is 3.62. The van der Waals surface area contributed by atoms with Gasteiger partial charge in [0, 0.05) is 12.6 Å². The molecular formula is C11H19NO2. The van der Waals surface area contributed by atoms with Crippen LogP contribution in [0, 0.1) is 11.8 Å². The molecule has 0 radical (unpaired) electrons. The predicted molar refractivity (Wildman–Crippen MR) is 54.1 cm³/mol. The fourth-order valence-corrected chi connectivity index (χ4v) is 2.66. The molecule has 1 N–H and O–H groups in total. The van der Waals surface area contributed by atoms with Crippen molar-refractivity contribution in [3.8, 4) is 0 Å². The van der Waals surface area contributed by atoms with Gasteiger partial charge < -0.3 is 5.11 Å². The van der Waals surface area contributed by atoms with Gasteiger partial charge in [0.1, 0.15) is 0 Å². The number of hydrogen-bond acceptors (Lipinski definition) is 2. The van der Waals surface area contributed by atoms with Crippen molar-refractivity contribution in [2.45, 2.75) is 38.6 Å². The molecule has 0 bridgehead atoms. The molecule has 0 aromatic rings. The van der Waals surface area contributed by atoms with Crippen LogP contribution in [-0.2, 0) is 4.79 Å². The van der Waals surface area contributed by atoms with Gasteiger partial charge >= 0.3 is 5.97 Å². The maximum atomic E-state index is 10.8. The zero-order valence-electron chi connectivity index (χ0n) is 8.78. The van der Waals surface area contributed by atoms with Gasteiger partial charge in [0.15, 0.2) is 0 Å². The SMILES string of the molecule is CCC(C1CC1)N1CCC(C(=O)O)C1. The number of rotatable bonds is 4. The first kappa shape index (κ1) is 9.97. The highest BCUT2D eigenvalue weighted by molar-refractivity contribution is 5.70. The Kier molecular flexibility index (Phi) is 2.77. The molecule has 1 saturated carbocycles. The van der Waals surface area contributed by atoms with Crippen LogP contribution in [0.3, 0.4) is 0 Å². The van der Waals surface area contributed by atoms with Crippen molar-refractivity contribution in [2.75, 3.05) is 13.1 Å². The first-order chi connectivity index (χ1) is 6.72. The Morgan fingerprint density at radius 3 is 2.64 bits per heavy atom. The van der Waals surface area contributed by atoms with Crippen molar-refractivity contribution < 1.29 is 9.90 Å². The lowest BCUT2D eigenvalue weighted by atomic mass is 10.1. The lowest BCUT2D eigenvalue weighted by Gasteiger charge is -2.26. The zero-order valence-corrected chi connectivity index (χ0v) is 8.78. The molecular weight excluding hydrogens is 178 g/mol. The van der Waals surface area contributed by atoms with Crippen LogP contribution in [0.2, 0.25) is 0 Å². The lowest BCUT2D eigenvalue weighted by Crippen LogP contribution is -2.35. The van der Waals surface area contributed by atoms with Crippen molar-refractivity contribution >= 4 is 5.97 Å². The summed E-state index contributed by atoms with van der Waals surface area (Å²) in [6.07, 6.45) is 4.73. The van der Waals surface area contributed by atoms with Crippen molar-refractivity contribution in [2.24, 2.45) is 11.8 Å². The minimum atomic E-state index is -0.613. The second-order valence-electron chi connectivity index (χ2n) is 4.63. The third kappa shape index (κ3) is 1.92. The van der Waals surface area contributed by atoms with Crippen LogP contribution in [0.5, 0.6) is 0 Å². The Bertz CT molecular complexity index is 225. The van der Waals surface area contributed by atoms with E-state index >= 15 is 0 Å². The zero-order chi connectivity index (χ0) is 10.1. The molecule has 1 aliphatic heterocycles. The van der Waals surface area contributed by atoms with E-state index in [9.17, 15) is 4.79 Å². The van der Waals surface area contributed by atoms with Gasteiger partial charge in [-0.2, -0.15) is 0 Å². The van der Waals surface area contributed by atoms with Crippen LogP contribution in [0.15, 0.2) is 0 Å². The van der Waals surface area contributed by atoms with Gasteiger partial charge in [-0.1, -0.05) is 6.92 Å². The highest BCUT2D eigenvalue weighted by atomic mass is 16.4. The average Bonchev–Trinajstić information content (AvgIpc) is 2.84. The fraction of sp³-hybridized carbons (Fsp3) is 0.909. The quantitative estimate of drug-likeness (QED) is 0.744. The van der Waals surface area contributed by atoms with E-state index in [1.165, 1.54) is 19.3 Å². The first-order valence-electron chi connectivity index (χ1n) is 5.69. The Morgan fingerprint density at radius 1 is 1.50 bits per heavy atom. The molecule has 2 aliphatic rings. The highest BCUT2D eigenvalue weighted by Gasteiger charge is 2.38. The fourth-order valence-electron chi connectivity index (χ4n) is 2.66. The molecule has 2 fully saturated rings. The Hall–Kier alpha value is -0.570. The Morgan fingerprint density at radius 2 is 2.21 bits per heavy atom. The number of carboxylic acid groups (broad SMARTS) is 1. The maximum absolute atomic E-state index is 10.8. The highest BCUT2D eigenvalue weighted by Crippen LogP contribution is 2.38. The van der Waals surface area contributed by atoms with Gasteiger partial charge in [0.05, 0.1) is 5.92 Å². The van der Waals surface area contributed by atoms with Gasteiger partial charge in [0.25, 0.3) is 0 Å². The molecule has 1 heterocycles. The van der Waals surface area contributed by atoms with E-state index < -0.39 is 5.97 Å². The van der Waals surface area contributed by atoms with Crippen molar-refractivity contribution in [3.05, 3.63) is 0 Å². The molecule has 1 aliphatic carbocycles. The van der Waals surface area contributed by atoms with Crippen molar-refractivity contribution in [3.63, 3.8) is 0 Å². The van der Waals surface area contributed by atoms with Gasteiger partial charge in [-0.05, 0) is 38.1 Å². The second kappa shape index (κ2) is 3.89. The molecule has 1 saturated heterocycles. The first-order valence-corrected chi connectivity index (χ1v) is 5.69. The summed E-state index contributed by atoms with van der Waals surface area (Å²) >= 11 is 0. The summed E-state index contributed by atoms with van der Waals surface area (Å²) in [6, 6.07) is 0.666. The topological polar surface area (TPSA) is 40.5 Å². The second-order valence-corrected chi connectivity index (χ2v) is 4.63. The molecule has 80 valence electrons. The van der Waals surface area contributed by atoms with Crippen molar-refractivity contribution in [1.29, 1.82) is 0 Å². The molecule has 14 heavy (non-hydrogen) atoms. The monoisotopic (exact) mass is 197 g/mol. The van der Waals surface area contributed by atoms with Crippen LogP contribution in [0.1, 0.15) is 32.6 Å². The summed E-state index contributed by atoms with van der Waals surface area (Å²) in [6.45, 7) is 3.99. The summed E-state index contributed by atoms with van der Waals surface area (Å²) in [4.78, 5) is 13.2. The van der Waals surface area contributed by atoms with E-state index in [4.69, 9.17) is 5.11 Å². The van der Waals surface area contributed by atoms with E-state index in [0.29, 0.717) is 6.04 Å². The minimum absolute atomic E-state index is 0.109. The van der Waals surface area contributed by atoms with Gasteiger partial charge in [-0.15, -0.1) is 0 Å². The van der Waals surface area contributed by atoms with Crippen LogP contribution in [0.4, 0.5) is 0 Å². The molecule has 0 spiro atoms. The van der Waals surface area contributed by atoms with Crippen molar-refractivity contribution in [1.82, 2.24) is 4.90 Å².